The molecular weight excluding hydrogens is 314 g/mol. The van der Waals surface area contributed by atoms with Gasteiger partial charge in [-0.25, -0.2) is 0 Å². The van der Waals surface area contributed by atoms with Gasteiger partial charge in [-0.3, -0.25) is 0 Å². The highest BCUT2D eigenvalue weighted by Gasteiger charge is 2.03. The maximum Gasteiger partial charge on any atom is 0.121 e. The van der Waals surface area contributed by atoms with Gasteiger partial charge < -0.3 is 4.74 Å². The fourth-order valence-electron chi connectivity index (χ4n) is 1.45. The summed E-state index contributed by atoms with van der Waals surface area (Å²) < 4.78 is 6.35. The van der Waals surface area contributed by atoms with Crippen molar-refractivity contribution < 1.29 is 4.74 Å². The van der Waals surface area contributed by atoms with Gasteiger partial charge in [0.25, 0.3) is 0 Å². The molecule has 0 aromatic heterocycles. The van der Waals surface area contributed by atoms with Crippen molar-refractivity contribution in [2.45, 2.75) is 6.61 Å². The van der Waals surface area contributed by atoms with Crippen LogP contribution >= 0.6 is 27.5 Å². The standard InChI is InChI=1S/C14H9BrClNO/c15-13-7-12(6-5-10(13)8-17)18-9-11-3-1-2-4-14(11)16/h1-7H,9H2. The molecule has 2 nitrogen and oxygen atoms in total. The van der Waals surface area contributed by atoms with Gasteiger partial charge in [0.2, 0.25) is 0 Å². The molecule has 90 valence electrons. The Morgan fingerprint density at radius 1 is 1.22 bits per heavy atom. The van der Waals surface area contributed by atoms with Crippen LogP contribution in [-0.4, -0.2) is 0 Å². The van der Waals surface area contributed by atoms with Crippen LogP contribution in [0.2, 0.25) is 5.02 Å². The lowest BCUT2D eigenvalue weighted by Crippen LogP contribution is -1.96. The second-order valence-corrected chi connectivity index (χ2v) is 4.90. The summed E-state index contributed by atoms with van der Waals surface area (Å²) in [6.45, 7) is 0.401. The van der Waals surface area contributed by atoms with E-state index < -0.39 is 0 Å². The van der Waals surface area contributed by atoms with Crippen molar-refractivity contribution in [2.75, 3.05) is 0 Å². The van der Waals surface area contributed by atoms with Gasteiger partial charge in [-0.15, -0.1) is 0 Å². The van der Waals surface area contributed by atoms with Crippen LogP contribution in [0.5, 0.6) is 5.75 Å². The maximum absolute atomic E-state index is 8.82. The molecule has 2 rings (SSSR count). The Balaban J connectivity index is 2.10. The molecule has 0 unspecified atom stereocenters. The van der Waals surface area contributed by atoms with E-state index in [1.165, 1.54) is 0 Å². The molecule has 4 heteroatoms. The lowest BCUT2D eigenvalue weighted by Gasteiger charge is -2.08. The van der Waals surface area contributed by atoms with Gasteiger partial charge in [-0.05, 0) is 40.2 Å². The monoisotopic (exact) mass is 321 g/mol. The van der Waals surface area contributed by atoms with E-state index in [0.717, 1.165) is 10.0 Å². The number of hydrogen-bond donors (Lipinski definition) is 0. The fraction of sp³-hybridized carbons (Fsp3) is 0.0714. The minimum absolute atomic E-state index is 0.401. The summed E-state index contributed by atoms with van der Waals surface area (Å²) in [5.74, 6) is 0.695. The van der Waals surface area contributed by atoms with Crippen LogP contribution in [-0.2, 0) is 6.61 Å². The van der Waals surface area contributed by atoms with E-state index in [4.69, 9.17) is 21.6 Å². The first-order valence-corrected chi connectivity index (χ1v) is 6.43. The van der Waals surface area contributed by atoms with Crippen LogP contribution in [0.3, 0.4) is 0 Å². The Bertz CT molecular complexity index is 607. The molecule has 0 aliphatic heterocycles. The third-order valence-electron chi connectivity index (χ3n) is 2.41. The number of nitriles is 1. The summed E-state index contributed by atoms with van der Waals surface area (Å²) >= 11 is 9.36. The van der Waals surface area contributed by atoms with Gasteiger partial charge in [-0.2, -0.15) is 5.26 Å². The molecule has 0 atom stereocenters. The zero-order valence-corrected chi connectivity index (χ0v) is 11.7. The zero-order chi connectivity index (χ0) is 13.0. The van der Waals surface area contributed by atoms with Gasteiger partial charge in [0.05, 0.1) is 5.56 Å². The smallest absolute Gasteiger partial charge is 0.121 e. The van der Waals surface area contributed by atoms with E-state index in [1.807, 2.05) is 24.3 Å². The average molecular weight is 323 g/mol. The lowest BCUT2D eigenvalue weighted by atomic mass is 10.2. The molecule has 0 radical (unpaired) electrons. The summed E-state index contributed by atoms with van der Waals surface area (Å²) in [5, 5.41) is 9.50. The number of nitrogens with zero attached hydrogens (tertiary/aromatic N) is 1. The van der Waals surface area contributed by atoms with Crippen molar-refractivity contribution >= 4 is 27.5 Å². The number of halogens is 2. The average Bonchev–Trinajstić information content (AvgIpc) is 2.38. The Hall–Kier alpha value is -1.50. The lowest BCUT2D eigenvalue weighted by molar-refractivity contribution is 0.306. The van der Waals surface area contributed by atoms with Crippen molar-refractivity contribution in [3.05, 3.63) is 63.1 Å². The largest absolute Gasteiger partial charge is 0.489 e. The van der Waals surface area contributed by atoms with Crippen LogP contribution in [0.4, 0.5) is 0 Å². The van der Waals surface area contributed by atoms with Crippen molar-refractivity contribution in [2.24, 2.45) is 0 Å². The second kappa shape index (κ2) is 5.90. The third-order valence-corrected chi connectivity index (χ3v) is 3.44. The molecule has 0 heterocycles. The fourth-order valence-corrected chi connectivity index (χ4v) is 2.09. The molecule has 2 aromatic carbocycles. The highest BCUT2D eigenvalue weighted by molar-refractivity contribution is 9.10. The maximum atomic E-state index is 8.82. The van der Waals surface area contributed by atoms with Crippen molar-refractivity contribution in [3.63, 3.8) is 0 Å². The van der Waals surface area contributed by atoms with Gasteiger partial charge >= 0.3 is 0 Å². The number of ether oxygens (including phenoxy) is 1. The van der Waals surface area contributed by atoms with Gasteiger partial charge in [0, 0.05) is 15.1 Å². The topological polar surface area (TPSA) is 33.0 Å². The molecule has 0 aliphatic rings. The molecular formula is C14H9BrClNO. The molecule has 0 spiro atoms. The molecule has 18 heavy (non-hydrogen) atoms. The molecule has 2 aromatic rings. The minimum atomic E-state index is 0.401. The molecule has 0 bridgehead atoms. The molecule has 0 fully saturated rings. The van der Waals surface area contributed by atoms with Crippen LogP contribution < -0.4 is 4.74 Å². The third kappa shape index (κ3) is 3.04. The molecule has 0 saturated carbocycles. The summed E-state index contributed by atoms with van der Waals surface area (Å²) in [6, 6.07) is 14.9. The predicted molar refractivity (Wildman–Crippen MR) is 74.6 cm³/mol. The number of rotatable bonds is 3. The van der Waals surface area contributed by atoms with E-state index in [-0.39, 0.29) is 0 Å². The number of hydrogen-bond acceptors (Lipinski definition) is 2. The zero-order valence-electron chi connectivity index (χ0n) is 9.36. The van der Waals surface area contributed by atoms with Crippen LogP contribution in [0, 0.1) is 11.3 Å². The van der Waals surface area contributed by atoms with Crippen molar-refractivity contribution in [3.8, 4) is 11.8 Å². The van der Waals surface area contributed by atoms with Crippen molar-refractivity contribution in [1.82, 2.24) is 0 Å². The second-order valence-electron chi connectivity index (χ2n) is 3.63. The van der Waals surface area contributed by atoms with E-state index in [0.29, 0.717) is 22.9 Å². The molecule has 0 saturated heterocycles. The normalized spacial score (nSPS) is 9.83. The van der Waals surface area contributed by atoms with Gasteiger partial charge in [0.15, 0.2) is 0 Å². The molecule has 0 amide bonds. The Kier molecular flexibility index (Phi) is 4.24. The van der Waals surface area contributed by atoms with Gasteiger partial charge in [-0.1, -0.05) is 29.8 Å². The molecule has 0 aliphatic carbocycles. The van der Waals surface area contributed by atoms with Crippen molar-refractivity contribution in [1.29, 1.82) is 5.26 Å². The molecule has 0 N–H and O–H groups in total. The Morgan fingerprint density at radius 2 is 2.00 bits per heavy atom. The van der Waals surface area contributed by atoms with Crippen LogP contribution in [0.15, 0.2) is 46.9 Å². The predicted octanol–water partition coefficient (Wildman–Crippen LogP) is 4.55. The summed E-state index contributed by atoms with van der Waals surface area (Å²) in [5.41, 5.74) is 1.51. The van der Waals surface area contributed by atoms with Crippen LogP contribution in [0.25, 0.3) is 0 Å². The van der Waals surface area contributed by atoms with E-state index in [2.05, 4.69) is 22.0 Å². The van der Waals surface area contributed by atoms with E-state index >= 15 is 0 Å². The highest BCUT2D eigenvalue weighted by Crippen LogP contribution is 2.24. The minimum Gasteiger partial charge on any atom is -0.489 e. The SMILES string of the molecule is N#Cc1ccc(OCc2ccccc2Cl)cc1Br. The first kappa shape index (κ1) is 12.9. The van der Waals surface area contributed by atoms with E-state index in [9.17, 15) is 0 Å². The first-order valence-electron chi connectivity index (χ1n) is 5.26. The Morgan fingerprint density at radius 3 is 2.67 bits per heavy atom. The highest BCUT2D eigenvalue weighted by atomic mass is 79.9. The number of benzene rings is 2. The van der Waals surface area contributed by atoms with Crippen LogP contribution in [0.1, 0.15) is 11.1 Å². The van der Waals surface area contributed by atoms with E-state index in [1.54, 1.807) is 18.2 Å². The quantitative estimate of drug-likeness (QED) is 0.830. The first-order chi connectivity index (χ1) is 8.70. The Labute approximate surface area is 119 Å². The summed E-state index contributed by atoms with van der Waals surface area (Å²) in [7, 11) is 0. The summed E-state index contributed by atoms with van der Waals surface area (Å²) in [4.78, 5) is 0. The summed E-state index contributed by atoms with van der Waals surface area (Å²) in [6.07, 6.45) is 0. The van der Waals surface area contributed by atoms with Gasteiger partial charge in [0.1, 0.15) is 18.4 Å².